The van der Waals surface area contributed by atoms with Crippen LogP contribution in [-0.2, 0) is 9.59 Å². The molecule has 3 atom stereocenters. The van der Waals surface area contributed by atoms with Gasteiger partial charge in [0, 0.05) is 11.8 Å². The summed E-state index contributed by atoms with van der Waals surface area (Å²) in [5, 5.41) is 2.90. The SMILES string of the molecule is CCC1C(=O)NC(c2ccccc2)C(=O)N1C1CCSC1. The highest BCUT2D eigenvalue weighted by Crippen LogP contribution is 2.30. The predicted molar refractivity (Wildman–Crippen MR) is 84.0 cm³/mol. The van der Waals surface area contributed by atoms with Crippen molar-refractivity contribution in [1.82, 2.24) is 10.2 Å². The Labute approximate surface area is 129 Å². The van der Waals surface area contributed by atoms with Gasteiger partial charge in [0.05, 0.1) is 0 Å². The largest absolute Gasteiger partial charge is 0.339 e. The second kappa shape index (κ2) is 6.10. The summed E-state index contributed by atoms with van der Waals surface area (Å²) in [6.07, 6.45) is 1.65. The minimum absolute atomic E-state index is 0.0251. The molecule has 21 heavy (non-hydrogen) atoms. The number of rotatable bonds is 3. The summed E-state index contributed by atoms with van der Waals surface area (Å²) in [7, 11) is 0. The van der Waals surface area contributed by atoms with Crippen LogP contribution >= 0.6 is 11.8 Å². The Bertz CT molecular complexity index is 528. The van der Waals surface area contributed by atoms with Crippen molar-refractivity contribution in [3.05, 3.63) is 35.9 Å². The van der Waals surface area contributed by atoms with Crippen LogP contribution in [-0.4, -0.2) is 40.3 Å². The van der Waals surface area contributed by atoms with Gasteiger partial charge in [0.15, 0.2) is 0 Å². The van der Waals surface area contributed by atoms with Gasteiger partial charge in [-0.25, -0.2) is 0 Å². The van der Waals surface area contributed by atoms with Crippen molar-refractivity contribution in [1.29, 1.82) is 0 Å². The highest BCUT2D eigenvalue weighted by Gasteiger charge is 2.44. The summed E-state index contributed by atoms with van der Waals surface area (Å²) in [6.45, 7) is 1.97. The van der Waals surface area contributed by atoms with Crippen LogP contribution in [0.4, 0.5) is 0 Å². The Morgan fingerprint density at radius 1 is 1.29 bits per heavy atom. The third-order valence-electron chi connectivity index (χ3n) is 4.25. The molecular formula is C16H20N2O2S. The first kappa shape index (κ1) is 14.4. The van der Waals surface area contributed by atoms with Gasteiger partial charge in [-0.1, -0.05) is 37.3 Å². The van der Waals surface area contributed by atoms with Crippen molar-refractivity contribution in [2.75, 3.05) is 11.5 Å². The molecule has 0 aliphatic carbocycles. The number of carbonyl (C=O) groups excluding carboxylic acids is 2. The van der Waals surface area contributed by atoms with E-state index in [2.05, 4.69) is 5.32 Å². The number of piperazine rings is 1. The molecule has 5 heteroatoms. The molecule has 0 saturated carbocycles. The number of nitrogens with zero attached hydrogens (tertiary/aromatic N) is 1. The van der Waals surface area contributed by atoms with Crippen LogP contribution < -0.4 is 5.32 Å². The topological polar surface area (TPSA) is 49.4 Å². The molecule has 1 aromatic carbocycles. The first-order chi connectivity index (χ1) is 10.2. The minimum atomic E-state index is -0.535. The zero-order valence-corrected chi connectivity index (χ0v) is 12.9. The molecule has 1 aromatic rings. The van der Waals surface area contributed by atoms with Crippen molar-refractivity contribution < 1.29 is 9.59 Å². The smallest absolute Gasteiger partial charge is 0.250 e. The van der Waals surface area contributed by atoms with Crippen LogP contribution in [0.5, 0.6) is 0 Å². The Morgan fingerprint density at radius 3 is 2.67 bits per heavy atom. The highest BCUT2D eigenvalue weighted by molar-refractivity contribution is 7.99. The van der Waals surface area contributed by atoms with Gasteiger partial charge in [-0.05, 0) is 24.2 Å². The van der Waals surface area contributed by atoms with Gasteiger partial charge in [-0.2, -0.15) is 11.8 Å². The van der Waals surface area contributed by atoms with E-state index in [4.69, 9.17) is 0 Å². The molecule has 4 nitrogen and oxygen atoms in total. The second-order valence-electron chi connectivity index (χ2n) is 5.54. The standard InChI is InChI=1S/C16H20N2O2S/c1-2-13-15(19)17-14(11-6-4-3-5-7-11)16(20)18(13)12-8-9-21-10-12/h3-7,12-14H,2,8-10H2,1H3,(H,17,19). The molecule has 2 fully saturated rings. The number of hydrogen-bond donors (Lipinski definition) is 1. The molecule has 0 radical (unpaired) electrons. The van der Waals surface area contributed by atoms with E-state index in [0.717, 1.165) is 23.5 Å². The molecule has 0 spiro atoms. The van der Waals surface area contributed by atoms with Gasteiger partial charge < -0.3 is 10.2 Å². The Kier molecular flexibility index (Phi) is 4.19. The van der Waals surface area contributed by atoms with Crippen LogP contribution in [0.25, 0.3) is 0 Å². The highest BCUT2D eigenvalue weighted by atomic mass is 32.2. The Balaban J connectivity index is 1.91. The van der Waals surface area contributed by atoms with Crippen LogP contribution in [0, 0.1) is 0 Å². The van der Waals surface area contributed by atoms with E-state index in [9.17, 15) is 9.59 Å². The molecule has 2 amide bonds. The molecule has 112 valence electrons. The van der Waals surface area contributed by atoms with E-state index < -0.39 is 6.04 Å². The Hall–Kier alpha value is -1.49. The predicted octanol–water partition coefficient (Wildman–Crippen LogP) is 1.97. The van der Waals surface area contributed by atoms with Gasteiger partial charge in [-0.3, -0.25) is 9.59 Å². The number of hydrogen-bond acceptors (Lipinski definition) is 3. The fourth-order valence-electron chi connectivity index (χ4n) is 3.16. The minimum Gasteiger partial charge on any atom is -0.339 e. The van der Waals surface area contributed by atoms with Crippen molar-refractivity contribution in [2.45, 2.75) is 37.9 Å². The summed E-state index contributed by atoms with van der Waals surface area (Å²) < 4.78 is 0. The third kappa shape index (κ3) is 2.67. The molecule has 0 aromatic heterocycles. The lowest BCUT2D eigenvalue weighted by Crippen LogP contribution is -2.62. The van der Waals surface area contributed by atoms with E-state index in [1.54, 1.807) is 0 Å². The van der Waals surface area contributed by atoms with E-state index >= 15 is 0 Å². The number of carbonyl (C=O) groups is 2. The van der Waals surface area contributed by atoms with Crippen molar-refractivity contribution in [2.24, 2.45) is 0 Å². The van der Waals surface area contributed by atoms with Crippen LogP contribution in [0.1, 0.15) is 31.4 Å². The molecule has 3 unspecified atom stereocenters. The number of thioether (sulfide) groups is 1. The normalized spacial score (nSPS) is 29.6. The van der Waals surface area contributed by atoms with Crippen LogP contribution in [0.3, 0.4) is 0 Å². The maximum Gasteiger partial charge on any atom is 0.250 e. The second-order valence-corrected chi connectivity index (χ2v) is 6.69. The fourth-order valence-corrected chi connectivity index (χ4v) is 4.36. The number of amides is 2. The lowest BCUT2D eigenvalue weighted by molar-refractivity contribution is -0.152. The summed E-state index contributed by atoms with van der Waals surface area (Å²) in [6, 6.07) is 8.86. The van der Waals surface area contributed by atoms with Gasteiger partial charge in [0.2, 0.25) is 5.91 Å². The van der Waals surface area contributed by atoms with Gasteiger partial charge in [0.25, 0.3) is 5.91 Å². The van der Waals surface area contributed by atoms with Crippen molar-refractivity contribution >= 4 is 23.6 Å². The van der Waals surface area contributed by atoms with Crippen molar-refractivity contribution in [3.63, 3.8) is 0 Å². The lowest BCUT2D eigenvalue weighted by Gasteiger charge is -2.42. The first-order valence-electron chi connectivity index (χ1n) is 7.47. The summed E-state index contributed by atoms with van der Waals surface area (Å²) in [4.78, 5) is 27.2. The molecular weight excluding hydrogens is 284 g/mol. The van der Waals surface area contributed by atoms with Crippen molar-refractivity contribution in [3.8, 4) is 0 Å². The summed E-state index contributed by atoms with van der Waals surface area (Å²) in [5.41, 5.74) is 0.862. The molecule has 0 bridgehead atoms. The van der Waals surface area contributed by atoms with E-state index in [1.165, 1.54) is 0 Å². The van der Waals surface area contributed by atoms with Crippen LogP contribution in [0.2, 0.25) is 0 Å². The molecule has 1 N–H and O–H groups in total. The van der Waals surface area contributed by atoms with Crippen LogP contribution in [0.15, 0.2) is 30.3 Å². The average molecular weight is 304 g/mol. The molecule has 2 heterocycles. The third-order valence-corrected chi connectivity index (χ3v) is 5.39. The van der Waals surface area contributed by atoms with E-state index in [1.807, 2.05) is 53.9 Å². The van der Waals surface area contributed by atoms with E-state index in [0.29, 0.717) is 6.42 Å². The van der Waals surface area contributed by atoms with Gasteiger partial charge >= 0.3 is 0 Å². The zero-order valence-electron chi connectivity index (χ0n) is 12.1. The molecule has 3 rings (SSSR count). The molecule has 2 aliphatic heterocycles. The number of benzene rings is 1. The quantitative estimate of drug-likeness (QED) is 0.929. The van der Waals surface area contributed by atoms with Gasteiger partial charge in [0.1, 0.15) is 12.1 Å². The summed E-state index contributed by atoms with van der Waals surface area (Å²) >= 11 is 1.86. The maximum absolute atomic E-state index is 12.9. The first-order valence-corrected chi connectivity index (χ1v) is 8.63. The Morgan fingerprint density at radius 2 is 2.05 bits per heavy atom. The lowest BCUT2D eigenvalue weighted by atomic mass is 9.97. The van der Waals surface area contributed by atoms with E-state index in [-0.39, 0.29) is 23.9 Å². The number of nitrogens with one attached hydrogen (secondary N) is 1. The monoisotopic (exact) mass is 304 g/mol. The molecule has 2 saturated heterocycles. The molecule has 2 aliphatic rings. The van der Waals surface area contributed by atoms with Gasteiger partial charge in [-0.15, -0.1) is 0 Å². The average Bonchev–Trinajstić information content (AvgIpc) is 3.03. The summed E-state index contributed by atoms with van der Waals surface area (Å²) in [5.74, 6) is 2.03. The zero-order chi connectivity index (χ0) is 14.8. The fraction of sp³-hybridized carbons (Fsp3) is 0.500. The maximum atomic E-state index is 12.9.